The fraction of sp³-hybridized carbons (Fsp3) is 0.889. The van der Waals surface area contributed by atoms with Gasteiger partial charge in [-0.15, -0.1) is 0 Å². The largest absolute Gasteiger partial charge is 0.380 e. The number of ether oxygens (including phenoxy) is 1. The second-order valence-corrected chi connectivity index (χ2v) is 3.27. The van der Waals surface area contributed by atoms with Gasteiger partial charge in [-0.1, -0.05) is 6.92 Å². The molecule has 0 saturated heterocycles. The van der Waals surface area contributed by atoms with Gasteiger partial charge < -0.3 is 15.8 Å². The van der Waals surface area contributed by atoms with Crippen molar-refractivity contribution in [1.29, 1.82) is 0 Å². The van der Waals surface area contributed by atoms with Crippen molar-refractivity contribution in [3.63, 3.8) is 0 Å². The zero-order valence-corrected chi connectivity index (χ0v) is 8.67. The van der Waals surface area contributed by atoms with Crippen LogP contribution in [0.4, 0.5) is 0 Å². The van der Waals surface area contributed by atoms with Gasteiger partial charge in [-0.3, -0.25) is 4.79 Å². The van der Waals surface area contributed by atoms with E-state index in [9.17, 15) is 4.79 Å². The van der Waals surface area contributed by atoms with E-state index in [4.69, 9.17) is 10.5 Å². The average Bonchev–Trinajstić information content (AvgIpc) is 2.13. The van der Waals surface area contributed by atoms with E-state index in [0.29, 0.717) is 13.1 Å². The Kier molecular flexibility index (Phi) is 6.54. The first-order chi connectivity index (χ1) is 6.11. The second kappa shape index (κ2) is 6.86. The lowest BCUT2D eigenvalue weighted by molar-refractivity contribution is -0.125. The SMILES string of the molecule is COC(C)CNC(=O)C(C)CCN. The average molecular weight is 188 g/mol. The van der Waals surface area contributed by atoms with E-state index < -0.39 is 0 Å². The van der Waals surface area contributed by atoms with Crippen molar-refractivity contribution in [1.82, 2.24) is 5.32 Å². The molecule has 1 amide bonds. The van der Waals surface area contributed by atoms with Gasteiger partial charge >= 0.3 is 0 Å². The summed E-state index contributed by atoms with van der Waals surface area (Å²) in [5, 5.41) is 2.80. The maximum absolute atomic E-state index is 11.3. The standard InChI is InChI=1S/C9H20N2O2/c1-7(4-5-10)9(12)11-6-8(2)13-3/h7-8H,4-6,10H2,1-3H3,(H,11,12). The number of methoxy groups -OCH3 is 1. The van der Waals surface area contributed by atoms with Crippen LogP contribution in [0.3, 0.4) is 0 Å². The molecule has 0 bridgehead atoms. The second-order valence-electron chi connectivity index (χ2n) is 3.27. The van der Waals surface area contributed by atoms with Crippen molar-refractivity contribution in [2.75, 3.05) is 20.2 Å². The highest BCUT2D eigenvalue weighted by atomic mass is 16.5. The third-order valence-corrected chi connectivity index (χ3v) is 2.01. The Morgan fingerprint density at radius 3 is 2.62 bits per heavy atom. The maximum Gasteiger partial charge on any atom is 0.222 e. The van der Waals surface area contributed by atoms with Crippen molar-refractivity contribution in [3.05, 3.63) is 0 Å². The van der Waals surface area contributed by atoms with Crippen LogP contribution in [0.2, 0.25) is 0 Å². The van der Waals surface area contributed by atoms with Gasteiger partial charge in [0.15, 0.2) is 0 Å². The van der Waals surface area contributed by atoms with Gasteiger partial charge in [0.2, 0.25) is 5.91 Å². The van der Waals surface area contributed by atoms with Gasteiger partial charge in [0.25, 0.3) is 0 Å². The summed E-state index contributed by atoms with van der Waals surface area (Å²) >= 11 is 0. The lowest BCUT2D eigenvalue weighted by atomic mass is 10.1. The number of carbonyl (C=O) groups is 1. The van der Waals surface area contributed by atoms with Crippen LogP contribution in [0, 0.1) is 5.92 Å². The first-order valence-electron chi connectivity index (χ1n) is 4.62. The topological polar surface area (TPSA) is 64.3 Å². The zero-order chi connectivity index (χ0) is 10.3. The van der Waals surface area contributed by atoms with Crippen LogP contribution >= 0.6 is 0 Å². The Balaban J connectivity index is 3.61. The molecule has 0 aliphatic carbocycles. The molecule has 0 heterocycles. The van der Waals surface area contributed by atoms with Crippen LogP contribution in [0.25, 0.3) is 0 Å². The predicted octanol–water partition coefficient (Wildman–Crippen LogP) is 0.122. The summed E-state index contributed by atoms with van der Waals surface area (Å²) in [6.45, 7) is 4.90. The third-order valence-electron chi connectivity index (χ3n) is 2.01. The highest BCUT2D eigenvalue weighted by Gasteiger charge is 2.11. The molecule has 0 radical (unpaired) electrons. The van der Waals surface area contributed by atoms with Gasteiger partial charge in [-0.2, -0.15) is 0 Å². The Bertz CT molecular complexity index is 151. The molecule has 4 heteroatoms. The van der Waals surface area contributed by atoms with Crippen LogP contribution in [-0.4, -0.2) is 32.2 Å². The Labute approximate surface area is 79.8 Å². The van der Waals surface area contributed by atoms with Crippen molar-refractivity contribution in [2.24, 2.45) is 11.7 Å². The van der Waals surface area contributed by atoms with Crippen LogP contribution < -0.4 is 11.1 Å². The van der Waals surface area contributed by atoms with E-state index in [-0.39, 0.29) is 17.9 Å². The molecule has 0 aromatic rings. The number of carbonyl (C=O) groups excluding carboxylic acids is 1. The molecule has 0 saturated carbocycles. The number of hydrogen-bond acceptors (Lipinski definition) is 3. The van der Waals surface area contributed by atoms with Gasteiger partial charge in [0, 0.05) is 19.6 Å². The molecule has 0 fully saturated rings. The predicted molar refractivity (Wildman–Crippen MR) is 52.3 cm³/mol. The Morgan fingerprint density at radius 1 is 1.54 bits per heavy atom. The van der Waals surface area contributed by atoms with Crippen molar-refractivity contribution < 1.29 is 9.53 Å². The van der Waals surface area contributed by atoms with E-state index >= 15 is 0 Å². The molecule has 0 aliphatic heterocycles. The van der Waals surface area contributed by atoms with Crippen LogP contribution in [0.1, 0.15) is 20.3 Å². The summed E-state index contributed by atoms with van der Waals surface area (Å²) in [5.41, 5.74) is 5.34. The summed E-state index contributed by atoms with van der Waals surface area (Å²) in [7, 11) is 1.63. The molecule has 2 atom stereocenters. The molecule has 0 aromatic carbocycles. The number of rotatable bonds is 6. The normalized spacial score (nSPS) is 15.1. The van der Waals surface area contributed by atoms with Crippen LogP contribution in [0.15, 0.2) is 0 Å². The Morgan fingerprint density at radius 2 is 2.15 bits per heavy atom. The van der Waals surface area contributed by atoms with Gasteiger partial charge in [-0.05, 0) is 19.9 Å². The minimum absolute atomic E-state index is 0.00550. The van der Waals surface area contributed by atoms with E-state index in [2.05, 4.69) is 5.32 Å². The minimum atomic E-state index is -0.00550. The van der Waals surface area contributed by atoms with E-state index in [1.807, 2.05) is 13.8 Å². The summed E-state index contributed by atoms with van der Waals surface area (Å²) < 4.78 is 5.00. The molecular weight excluding hydrogens is 168 g/mol. The fourth-order valence-electron chi connectivity index (χ4n) is 0.883. The summed E-state index contributed by atoms with van der Waals surface area (Å²) in [6.07, 6.45) is 0.793. The maximum atomic E-state index is 11.3. The molecule has 4 nitrogen and oxygen atoms in total. The van der Waals surface area contributed by atoms with Crippen molar-refractivity contribution in [3.8, 4) is 0 Å². The van der Waals surface area contributed by atoms with Crippen LogP contribution in [0.5, 0.6) is 0 Å². The number of amides is 1. The number of hydrogen-bond donors (Lipinski definition) is 2. The molecule has 0 aromatic heterocycles. The summed E-state index contributed by atoms with van der Waals surface area (Å²) in [5.74, 6) is 0.0448. The summed E-state index contributed by atoms with van der Waals surface area (Å²) in [6, 6.07) is 0. The monoisotopic (exact) mass is 188 g/mol. The molecule has 0 spiro atoms. The third kappa shape index (κ3) is 5.60. The lowest BCUT2D eigenvalue weighted by Gasteiger charge is -2.14. The molecule has 3 N–H and O–H groups in total. The zero-order valence-electron chi connectivity index (χ0n) is 8.67. The van der Waals surface area contributed by atoms with Gasteiger partial charge in [0.05, 0.1) is 6.10 Å². The molecule has 78 valence electrons. The first kappa shape index (κ1) is 12.4. The molecule has 13 heavy (non-hydrogen) atoms. The molecule has 0 aliphatic rings. The van der Waals surface area contributed by atoms with Crippen LogP contribution in [-0.2, 0) is 9.53 Å². The van der Waals surface area contributed by atoms with E-state index in [1.165, 1.54) is 0 Å². The summed E-state index contributed by atoms with van der Waals surface area (Å²) in [4.78, 5) is 11.3. The molecule has 0 rings (SSSR count). The Hall–Kier alpha value is -0.610. The van der Waals surface area contributed by atoms with Gasteiger partial charge in [0.1, 0.15) is 0 Å². The molecule has 2 unspecified atom stereocenters. The number of nitrogens with one attached hydrogen (secondary N) is 1. The van der Waals surface area contributed by atoms with E-state index in [0.717, 1.165) is 6.42 Å². The minimum Gasteiger partial charge on any atom is -0.380 e. The quantitative estimate of drug-likeness (QED) is 0.622. The highest BCUT2D eigenvalue weighted by molar-refractivity contribution is 5.78. The highest BCUT2D eigenvalue weighted by Crippen LogP contribution is 1.99. The first-order valence-corrected chi connectivity index (χ1v) is 4.62. The van der Waals surface area contributed by atoms with Crippen molar-refractivity contribution >= 4 is 5.91 Å². The smallest absolute Gasteiger partial charge is 0.222 e. The van der Waals surface area contributed by atoms with E-state index in [1.54, 1.807) is 7.11 Å². The molecular formula is C9H20N2O2. The number of nitrogens with two attached hydrogens (primary N) is 1. The fourth-order valence-corrected chi connectivity index (χ4v) is 0.883. The van der Waals surface area contributed by atoms with Crippen molar-refractivity contribution in [2.45, 2.75) is 26.4 Å². The van der Waals surface area contributed by atoms with Gasteiger partial charge in [-0.25, -0.2) is 0 Å². The lowest BCUT2D eigenvalue weighted by Crippen LogP contribution is -2.35.